The van der Waals surface area contributed by atoms with Crippen LogP contribution in [0.2, 0.25) is 0 Å². The van der Waals surface area contributed by atoms with E-state index >= 15 is 0 Å². The molecule has 0 saturated heterocycles. The highest BCUT2D eigenvalue weighted by atomic mass is 79.9. The molecule has 0 aromatic heterocycles. The minimum absolute atomic E-state index is 0.00781. The summed E-state index contributed by atoms with van der Waals surface area (Å²) in [6.45, 7) is 9.02. The minimum Gasteiger partial charge on any atom is -0.496 e. The van der Waals surface area contributed by atoms with E-state index in [1.54, 1.807) is 37.3 Å². The lowest BCUT2D eigenvalue weighted by Crippen LogP contribution is -2.52. The summed E-state index contributed by atoms with van der Waals surface area (Å²) in [7, 11) is -2.70. The lowest BCUT2D eigenvalue weighted by atomic mass is 10.1. The maximum atomic E-state index is 14.1. The number of nitrogens with zero attached hydrogens (tertiary/aromatic N) is 2. The lowest BCUT2D eigenvalue weighted by molar-refractivity contribution is -0.139. The second-order valence-electron chi connectivity index (χ2n) is 10.1. The number of amides is 2. The molecule has 0 spiro atoms. The Kier molecular flexibility index (Phi) is 11.0. The van der Waals surface area contributed by atoms with Crippen LogP contribution >= 0.6 is 15.9 Å². The Labute approximate surface area is 251 Å². The Morgan fingerprint density at radius 3 is 2.24 bits per heavy atom. The van der Waals surface area contributed by atoms with Crippen LogP contribution < -0.4 is 14.4 Å². The molecule has 8 nitrogen and oxygen atoms in total. The number of halogens is 1. The van der Waals surface area contributed by atoms with Crippen molar-refractivity contribution >= 4 is 43.5 Å². The fourth-order valence-electron chi connectivity index (χ4n) is 4.19. The number of ether oxygens (including phenoxy) is 1. The first-order valence-corrected chi connectivity index (χ1v) is 15.7. The van der Waals surface area contributed by atoms with Gasteiger partial charge in [-0.3, -0.25) is 13.9 Å². The van der Waals surface area contributed by atoms with Gasteiger partial charge in [0.25, 0.3) is 10.0 Å². The number of rotatable bonds is 12. The molecule has 0 aliphatic carbocycles. The number of benzene rings is 3. The molecule has 2 amide bonds. The third kappa shape index (κ3) is 7.89. The summed E-state index contributed by atoms with van der Waals surface area (Å²) in [5.74, 6) is -0.325. The van der Waals surface area contributed by atoms with Gasteiger partial charge < -0.3 is 15.0 Å². The number of carbonyl (C=O) groups is 2. The van der Waals surface area contributed by atoms with Crippen molar-refractivity contribution in [2.24, 2.45) is 0 Å². The molecule has 2 unspecified atom stereocenters. The molecular formula is C31H38BrN3O5S. The van der Waals surface area contributed by atoms with Crippen LogP contribution in [0.3, 0.4) is 0 Å². The van der Waals surface area contributed by atoms with E-state index in [1.807, 2.05) is 52.0 Å². The number of hydrogen-bond acceptors (Lipinski definition) is 5. The fourth-order valence-corrected chi connectivity index (χ4v) is 6.33. The molecule has 3 rings (SSSR count). The Morgan fingerprint density at radius 1 is 1.00 bits per heavy atom. The first-order chi connectivity index (χ1) is 19.4. The summed E-state index contributed by atoms with van der Waals surface area (Å²) in [4.78, 5) is 28.7. The van der Waals surface area contributed by atoms with E-state index in [1.165, 1.54) is 24.1 Å². The zero-order chi connectivity index (χ0) is 30.3. The molecule has 0 saturated carbocycles. The molecule has 10 heteroatoms. The molecule has 0 heterocycles. The SMILES string of the molecule is CCC(C)NC(=O)C(C)N(Cc1ccccc1C)C(=O)CN(c1ccc(C)cc1)S(=O)(=O)c1ccc(OC)c(Br)c1. The molecule has 0 bridgehead atoms. The summed E-state index contributed by atoms with van der Waals surface area (Å²) < 4.78 is 34.9. The molecule has 2 atom stereocenters. The van der Waals surface area contributed by atoms with Crippen molar-refractivity contribution in [3.63, 3.8) is 0 Å². The lowest BCUT2D eigenvalue weighted by Gasteiger charge is -2.33. The van der Waals surface area contributed by atoms with E-state index in [9.17, 15) is 18.0 Å². The Bertz CT molecular complexity index is 1480. The molecular weight excluding hydrogens is 606 g/mol. The minimum atomic E-state index is -4.19. The highest BCUT2D eigenvalue weighted by molar-refractivity contribution is 9.10. The predicted octanol–water partition coefficient (Wildman–Crippen LogP) is 5.60. The second kappa shape index (κ2) is 14.0. The predicted molar refractivity (Wildman–Crippen MR) is 165 cm³/mol. The van der Waals surface area contributed by atoms with E-state index in [2.05, 4.69) is 21.2 Å². The van der Waals surface area contributed by atoms with Gasteiger partial charge in [-0.05, 0) is 91.5 Å². The smallest absolute Gasteiger partial charge is 0.264 e. The van der Waals surface area contributed by atoms with Crippen molar-refractivity contribution in [2.75, 3.05) is 18.0 Å². The van der Waals surface area contributed by atoms with Crippen LogP contribution in [0.5, 0.6) is 5.75 Å². The maximum Gasteiger partial charge on any atom is 0.264 e. The zero-order valence-corrected chi connectivity index (χ0v) is 26.8. The Morgan fingerprint density at radius 2 is 1.66 bits per heavy atom. The third-order valence-electron chi connectivity index (χ3n) is 7.08. The maximum absolute atomic E-state index is 14.1. The van der Waals surface area contributed by atoms with Crippen molar-refractivity contribution in [3.8, 4) is 5.75 Å². The molecule has 41 heavy (non-hydrogen) atoms. The number of carbonyl (C=O) groups excluding carboxylic acids is 2. The van der Waals surface area contributed by atoms with Crippen LogP contribution in [0.15, 0.2) is 76.1 Å². The monoisotopic (exact) mass is 643 g/mol. The van der Waals surface area contributed by atoms with Gasteiger partial charge in [-0.1, -0.05) is 48.9 Å². The molecule has 0 aliphatic heterocycles. The van der Waals surface area contributed by atoms with E-state index < -0.39 is 28.5 Å². The van der Waals surface area contributed by atoms with Gasteiger partial charge in [0.1, 0.15) is 18.3 Å². The van der Waals surface area contributed by atoms with Gasteiger partial charge in [-0.15, -0.1) is 0 Å². The molecule has 0 aliphatic rings. The van der Waals surface area contributed by atoms with Crippen LogP contribution in [0.25, 0.3) is 0 Å². The van der Waals surface area contributed by atoms with Crippen LogP contribution in [0.4, 0.5) is 5.69 Å². The average Bonchev–Trinajstić information content (AvgIpc) is 2.95. The van der Waals surface area contributed by atoms with E-state index in [0.29, 0.717) is 15.9 Å². The fraction of sp³-hybridized carbons (Fsp3) is 0.355. The number of aryl methyl sites for hydroxylation is 2. The summed E-state index contributed by atoms with van der Waals surface area (Å²) in [6, 6.07) is 18.1. The number of nitrogens with one attached hydrogen (secondary N) is 1. The van der Waals surface area contributed by atoms with Gasteiger partial charge >= 0.3 is 0 Å². The van der Waals surface area contributed by atoms with Crippen molar-refractivity contribution in [1.29, 1.82) is 0 Å². The summed E-state index contributed by atoms with van der Waals surface area (Å²) in [5, 5.41) is 2.95. The van der Waals surface area contributed by atoms with Gasteiger partial charge in [0.15, 0.2) is 0 Å². The van der Waals surface area contributed by atoms with E-state index in [0.717, 1.165) is 27.4 Å². The summed E-state index contributed by atoms with van der Waals surface area (Å²) in [6.07, 6.45) is 0.737. The van der Waals surface area contributed by atoms with Crippen molar-refractivity contribution in [1.82, 2.24) is 10.2 Å². The first-order valence-electron chi connectivity index (χ1n) is 13.5. The van der Waals surface area contributed by atoms with Gasteiger partial charge in [-0.2, -0.15) is 0 Å². The molecule has 220 valence electrons. The third-order valence-corrected chi connectivity index (χ3v) is 9.47. The standard InChI is InChI=1S/C31H38BrN3O5S/c1-7-23(4)33-31(37)24(5)34(19-25-11-9-8-10-22(25)3)30(36)20-35(26-14-12-21(2)13-15-26)41(38,39)27-16-17-29(40-6)28(32)18-27/h8-18,23-24H,7,19-20H2,1-6H3,(H,33,37). The highest BCUT2D eigenvalue weighted by Crippen LogP contribution is 2.31. The normalized spacial score (nSPS) is 12.8. The Hall–Kier alpha value is -3.37. The average molecular weight is 645 g/mol. The number of methoxy groups -OCH3 is 1. The quantitative estimate of drug-likeness (QED) is 0.277. The molecule has 0 fully saturated rings. The largest absolute Gasteiger partial charge is 0.496 e. The molecule has 3 aromatic rings. The molecule has 1 N–H and O–H groups in total. The molecule has 3 aromatic carbocycles. The van der Waals surface area contributed by atoms with Crippen LogP contribution in [-0.4, -0.2) is 50.9 Å². The van der Waals surface area contributed by atoms with Crippen LogP contribution in [0.1, 0.15) is 43.9 Å². The van der Waals surface area contributed by atoms with Gasteiger partial charge in [0.05, 0.1) is 22.2 Å². The van der Waals surface area contributed by atoms with Crippen molar-refractivity contribution in [2.45, 2.75) is 64.6 Å². The first kappa shape index (κ1) is 32.1. The van der Waals surface area contributed by atoms with E-state index in [-0.39, 0.29) is 23.4 Å². The van der Waals surface area contributed by atoms with Crippen molar-refractivity contribution in [3.05, 3.63) is 87.9 Å². The van der Waals surface area contributed by atoms with Crippen molar-refractivity contribution < 1.29 is 22.7 Å². The van der Waals surface area contributed by atoms with Gasteiger partial charge in [-0.25, -0.2) is 8.42 Å². The summed E-state index contributed by atoms with van der Waals surface area (Å²) >= 11 is 3.37. The number of hydrogen-bond donors (Lipinski definition) is 1. The molecule has 0 radical (unpaired) electrons. The number of anilines is 1. The number of sulfonamides is 1. The second-order valence-corrected chi connectivity index (χ2v) is 12.8. The van der Waals surface area contributed by atoms with Gasteiger partial charge in [0.2, 0.25) is 11.8 Å². The van der Waals surface area contributed by atoms with Crippen LogP contribution in [0, 0.1) is 13.8 Å². The Balaban J connectivity index is 2.06. The van der Waals surface area contributed by atoms with Crippen LogP contribution in [-0.2, 0) is 26.2 Å². The van der Waals surface area contributed by atoms with E-state index in [4.69, 9.17) is 4.74 Å². The summed E-state index contributed by atoms with van der Waals surface area (Å²) in [5.41, 5.74) is 3.11. The highest BCUT2D eigenvalue weighted by Gasteiger charge is 2.33. The van der Waals surface area contributed by atoms with Gasteiger partial charge in [0, 0.05) is 12.6 Å². The topological polar surface area (TPSA) is 96.0 Å². The zero-order valence-electron chi connectivity index (χ0n) is 24.3.